The molecule has 226 valence electrons. The van der Waals surface area contributed by atoms with E-state index in [1.165, 1.54) is 13.2 Å². The molecule has 2 aromatic heterocycles. The number of carbonyl (C=O) groups excluding carboxylic acids is 1. The predicted molar refractivity (Wildman–Crippen MR) is 162 cm³/mol. The molecule has 2 fully saturated rings. The molecule has 2 aliphatic heterocycles. The molecular weight excluding hydrogens is 547 g/mol. The Morgan fingerprint density at radius 2 is 1.98 bits per heavy atom. The van der Waals surface area contributed by atoms with E-state index in [0.717, 1.165) is 86.6 Å². The van der Waals surface area contributed by atoms with Gasteiger partial charge in [0.25, 0.3) is 0 Å². The molecule has 1 aromatic carbocycles. The number of benzene rings is 1. The third kappa shape index (κ3) is 6.73. The van der Waals surface area contributed by atoms with E-state index in [2.05, 4.69) is 16.0 Å². The number of halogens is 1. The summed E-state index contributed by atoms with van der Waals surface area (Å²) >= 11 is 0. The molecule has 0 N–H and O–H groups in total. The molecule has 4 heterocycles. The number of methoxy groups -OCH3 is 1. The standard InChI is InChI=1S/C34H39FN4O4/c1-22-15-26(29(35)16-23(22)2)21-43-33-6-4-5-27(36-33)17-24-9-12-38(13-10-24)20-32-37-30-8-7-25(34(40)41-3)18-31(30)39(32)19-28-11-14-42-28/h4-8,15-16,18,22,24,28H,2,9-14,17,19-21H2,1,3H3/t22?,28-/m0/s1. The van der Waals surface area contributed by atoms with Crippen molar-refractivity contribution in [2.75, 3.05) is 33.4 Å². The van der Waals surface area contributed by atoms with Crippen molar-refractivity contribution in [2.24, 2.45) is 11.8 Å². The van der Waals surface area contributed by atoms with Crippen LogP contribution in [0.2, 0.25) is 0 Å². The molecule has 1 aliphatic carbocycles. The van der Waals surface area contributed by atoms with Crippen molar-refractivity contribution in [1.29, 1.82) is 0 Å². The quantitative estimate of drug-likeness (QED) is 0.277. The van der Waals surface area contributed by atoms with Gasteiger partial charge in [-0.05, 0) is 86.5 Å². The fraction of sp³-hybridized carbons (Fsp3) is 0.441. The van der Waals surface area contributed by atoms with Gasteiger partial charge in [-0.3, -0.25) is 4.90 Å². The Hall–Kier alpha value is -3.82. The maximum Gasteiger partial charge on any atom is 0.337 e. The van der Waals surface area contributed by atoms with E-state index in [9.17, 15) is 9.18 Å². The minimum absolute atomic E-state index is 0.0959. The molecule has 6 rings (SSSR count). The molecule has 1 unspecified atom stereocenters. The second-order valence-electron chi connectivity index (χ2n) is 11.8. The van der Waals surface area contributed by atoms with Crippen molar-refractivity contribution in [2.45, 2.75) is 51.8 Å². The van der Waals surface area contributed by atoms with E-state index in [1.807, 2.05) is 43.3 Å². The maximum absolute atomic E-state index is 14.3. The highest BCUT2D eigenvalue weighted by atomic mass is 19.1. The van der Waals surface area contributed by atoms with Crippen molar-refractivity contribution < 1.29 is 23.4 Å². The summed E-state index contributed by atoms with van der Waals surface area (Å²) in [6, 6.07) is 11.4. The molecular formula is C34H39FN4O4. The molecule has 2 saturated heterocycles. The van der Waals surface area contributed by atoms with E-state index in [4.69, 9.17) is 24.2 Å². The van der Waals surface area contributed by atoms with Crippen LogP contribution in [0, 0.1) is 11.8 Å². The molecule has 9 heteroatoms. The number of pyridine rings is 1. The third-order valence-electron chi connectivity index (χ3n) is 8.81. The average molecular weight is 587 g/mol. The van der Waals surface area contributed by atoms with Gasteiger partial charge >= 0.3 is 5.97 Å². The van der Waals surface area contributed by atoms with Gasteiger partial charge in [-0.2, -0.15) is 0 Å². The van der Waals surface area contributed by atoms with Crippen LogP contribution in [0.25, 0.3) is 11.0 Å². The lowest BCUT2D eigenvalue weighted by molar-refractivity contribution is -0.0592. The molecule has 2 atom stereocenters. The fourth-order valence-electron chi connectivity index (χ4n) is 6.01. The number of piperidine rings is 1. The van der Waals surface area contributed by atoms with Crippen molar-refractivity contribution in [3.8, 4) is 5.88 Å². The van der Waals surface area contributed by atoms with Crippen LogP contribution < -0.4 is 4.74 Å². The summed E-state index contributed by atoms with van der Waals surface area (Å²) in [4.78, 5) is 24.3. The average Bonchev–Trinajstić information content (AvgIpc) is 3.32. The normalized spacial score (nSPS) is 21.3. The molecule has 0 bridgehead atoms. The Morgan fingerprint density at radius 1 is 1.16 bits per heavy atom. The Labute approximate surface area is 251 Å². The summed E-state index contributed by atoms with van der Waals surface area (Å²) in [7, 11) is 1.40. The van der Waals surface area contributed by atoms with Crippen LogP contribution in [0.15, 0.2) is 72.1 Å². The van der Waals surface area contributed by atoms with Crippen LogP contribution in [0.5, 0.6) is 5.88 Å². The van der Waals surface area contributed by atoms with E-state index in [0.29, 0.717) is 22.9 Å². The van der Waals surface area contributed by atoms with Gasteiger partial charge in [0, 0.05) is 23.9 Å². The molecule has 3 aliphatic rings. The van der Waals surface area contributed by atoms with Crippen LogP contribution in [0.3, 0.4) is 0 Å². The lowest BCUT2D eigenvalue weighted by atomic mass is 9.92. The second-order valence-corrected chi connectivity index (χ2v) is 11.8. The topological polar surface area (TPSA) is 78.7 Å². The molecule has 0 saturated carbocycles. The predicted octanol–water partition coefficient (Wildman–Crippen LogP) is 5.83. The molecule has 3 aromatic rings. The summed E-state index contributed by atoms with van der Waals surface area (Å²) < 4.78 is 33.1. The number of fused-ring (bicyclic) bond motifs is 1. The van der Waals surface area contributed by atoms with Gasteiger partial charge < -0.3 is 18.8 Å². The van der Waals surface area contributed by atoms with Crippen molar-refractivity contribution >= 4 is 17.0 Å². The van der Waals surface area contributed by atoms with Gasteiger partial charge in [0.2, 0.25) is 5.88 Å². The van der Waals surface area contributed by atoms with E-state index in [1.54, 1.807) is 6.07 Å². The number of carbonyl (C=O) groups is 1. The lowest BCUT2D eigenvalue weighted by Gasteiger charge is -2.32. The van der Waals surface area contributed by atoms with Crippen LogP contribution in [-0.4, -0.2) is 64.9 Å². The Morgan fingerprint density at radius 3 is 2.72 bits per heavy atom. The first kappa shape index (κ1) is 29.3. The van der Waals surface area contributed by atoms with Crippen LogP contribution in [0.1, 0.15) is 48.1 Å². The summed E-state index contributed by atoms with van der Waals surface area (Å²) in [6.07, 6.45) is 7.57. The highest BCUT2D eigenvalue weighted by molar-refractivity contribution is 5.93. The monoisotopic (exact) mass is 586 g/mol. The SMILES string of the molecule is C=C1C=C(F)C(COc2cccc(CC3CCN(Cc4nc5ccc(C(=O)OC)cc5n4C[C@@H]4CCO4)CC3)n2)=CC1C. The lowest BCUT2D eigenvalue weighted by Crippen LogP contribution is -2.36. The zero-order chi connectivity index (χ0) is 29.9. The maximum atomic E-state index is 14.3. The number of hydrogen-bond donors (Lipinski definition) is 0. The molecule has 43 heavy (non-hydrogen) atoms. The van der Waals surface area contributed by atoms with E-state index in [-0.39, 0.29) is 30.4 Å². The number of esters is 1. The molecule has 8 nitrogen and oxygen atoms in total. The Bertz CT molecular complexity index is 1570. The van der Waals surface area contributed by atoms with Crippen molar-refractivity contribution in [1.82, 2.24) is 19.4 Å². The van der Waals surface area contributed by atoms with Crippen molar-refractivity contribution in [3.05, 3.63) is 89.2 Å². The van der Waals surface area contributed by atoms with Gasteiger partial charge in [-0.15, -0.1) is 0 Å². The summed E-state index contributed by atoms with van der Waals surface area (Å²) in [6.45, 7) is 10.2. The molecule has 0 radical (unpaired) electrons. The fourth-order valence-corrected chi connectivity index (χ4v) is 6.01. The van der Waals surface area contributed by atoms with Gasteiger partial charge in [-0.1, -0.05) is 25.6 Å². The molecule has 0 spiro atoms. The smallest absolute Gasteiger partial charge is 0.337 e. The summed E-state index contributed by atoms with van der Waals surface area (Å²) in [5.41, 5.74) is 4.64. The first-order valence-corrected chi connectivity index (χ1v) is 15.1. The minimum Gasteiger partial charge on any atom is -0.473 e. The largest absolute Gasteiger partial charge is 0.473 e. The van der Waals surface area contributed by atoms with Gasteiger partial charge in [0.05, 0.1) is 42.9 Å². The first-order valence-electron chi connectivity index (χ1n) is 15.1. The van der Waals surface area contributed by atoms with E-state index >= 15 is 0 Å². The number of allylic oxidation sites excluding steroid dienone is 3. The number of rotatable bonds is 10. The number of hydrogen-bond acceptors (Lipinski definition) is 7. The second kappa shape index (κ2) is 12.8. The minimum atomic E-state index is -0.348. The number of nitrogens with zero attached hydrogens (tertiary/aromatic N) is 4. The molecule has 0 amide bonds. The van der Waals surface area contributed by atoms with Crippen LogP contribution >= 0.6 is 0 Å². The van der Waals surface area contributed by atoms with Crippen LogP contribution in [-0.2, 0) is 29.0 Å². The number of likely N-dealkylation sites (tertiary alicyclic amines) is 1. The van der Waals surface area contributed by atoms with E-state index < -0.39 is 0 Å². The van der Waals surface area contributed by atoms with Gasteiger partial charge in [0.15, 0.2) is 0 Å². The highest BCUT2D eigenvalue weighted by Gasteiger charge is 2.26. The van der Waals surface area contributed by atoms with Crippen LogP contribution in [0.4, 0.5) is 4.39 Å². The van der Waals surface area contributed by atoms with Gasteiger partial charge in [-0.25, -0.2) is 19.2 Å². The number of aromatic nitrogens is 3. The number of imidazole rings is 1. The Balaban J connectivity index is 1.06. The van der Waals surface area contributed by atoms with Crippen molar-refractivity contribution in [3.63, 3.8) is 0 Å². The zero-order valence-electron chi connectivity index (χ0n) is 24.9. The summed E-state index contributed by atoms with van der Waals surface area (Å²) in [5.74, 6) is 1.50. The number of ether oxygens (including phenoxy) is 3. The summed E-state index contributed by atoms with van der Waals surface area (Å²) in [5, 5.41) is 0. The first-order chi connectivity index (χ1) is 20.9. The highest BCUT2D eigenvalue weighted by Crippen LogP contribution is 2.29. The Kier molecular flexibility index (Phi) is 8.72. The third-order valence-corrected chi connectivity index (χ3v) is 8.81. The zero-order valence-corrected chi connectivity index (χ0v) is 24.9. The van der Waals surface area contributed by atoms with Gasteiger partial charge in [0.1, 0.15) is 18.3 Å².